The Morgan fingerprint density at radius 1 is 1.16 bits per heavy atom. The fourth-order valence-electron chi connectivity index (χ4n) is 4.28. The van der Waals surface area contributed by atoms with Gasteiger partial charge in [-0.25, -0.2) is 23.1 Å². The number of aliphatic hydroxyl groups is 1. The van der Waals surface area contributed by atoms with Crippen molar-refractivity contribution in [3.8, 4) is 5.75 Å². The molecule has 1 heterocycles. The number of benzene rings is 2. The van der Waals surface area contributed by atoms with Crippen LogP contribution in [0, 0.1) is 24.4 Å². The Hall–Kier alpha value is -3.08. The molecule has 0 radical (unpaired) electrons. The van der Waals surface area contributed by atoms with Gasteiger partial charge < -0.3 is 15.5 Å². The third-order valence-corrected chi connectivity index (χ3v) is 5.78. The SMILES string of the molecule is Cc1ncc2c(N[C@H]3c4ccc(F)c(O)c4[C@@H](C)C[C@]3(O)C(F)(F)F)cc(F)c(F)c2n1. The Balaban J connectivity index is 1.96. The largest absolute Gasteiger partial charge is 0.505 e. The Kier molecular flexibility index (Phi) is 5.00. The first-order chi connectivity index (χ1) is 14.8. The summed E-state index contributed by atoms with van der Waals surface area (Å²) >= 11 is 0. The zero-order valence-corrected chi connectivity index (χ0v) is 16.7. The van der Waals surface area contributed by atoms with Crippen molar-refractivity contribution in [1.29, 1.82) is 0 Å². The smallest absolute Gasteiger partial charge is 0.419 e. The van der Waals surface area contributed by atoms with E-state index in [1.54, 1.807) is 0 Å². The van der Waals surface area contributed by atoms with Crippen LogP contribution < -0.4 is 5.32 Å². The first-order valence-corrected chi connectivity index (χ1v) is 9.53. The maximum Gasteiger partial charge on any atom is 0.419 e. The number of aromatic nitrogens is 2. The number of halogens is 6. The van der Waals surface area contributed by atoms with Gasteiger partial charge in [0.05, 0.1) is 6.04 Å². The molecular weight excluding hydrogens is 440 g/mol. The lowest BCUT2D eigenvalue weighted by molar-refractivity contribution is -0.272. The van der Waals surface area contributed by atoms with Gasteiger partial charge in [0.1, 0.15) is 11.3 Å². The third kappa shape index (κ3) is 3.22. The molecule has 0 saturated carbocycles. The zero-order chi connectivity index (χ0) is 23.6. The van der Waals surface area contributed by atoms with Crippen molar-refractivity contribution in [3.05, 3.63) is 58.8 Å². The number of aryl methyl sites for hydroxylation is 1. The Bertz CT molecular complexity index is 1230. The average molecular weight is 457 g/mol. The van der Waals surface area contributed by atoms with Crippen molar-refractivity contribution < 1.29 is 36.6 Å². The van der Waals surface area contributed by atoms with Gasteiger partial charge in [-0.15, -0.1) is 0 Å². The predicted molar refractivity (Wildman–Crippen MR) is 103 cm³/mol. The summed E-state index contributed by atoms with van der Waals surface area (Å²) in [6.07, 6.45) is -4.94. The van der Waals surface area contributed by atoms with E-state index in [-0.39, 0.29) is 28.0 Å². The first-order valence-electron chi connectivity index (χ1n) is 9.53. The average Bonchev–Trinajstić information content (AvgIpc) is 2.70. The van der Waals surface area contributed by atoms with E-state index < -0.39 is 58.9 Å². The monoisotopic (exact) mass is 457 g/mol. The van der Waals surface area contributed by atoms with Crippen molar-refractivity contribution in [3.63, 3.8) is 0 Å². The number of aromatic hydroxyl groups is 1. The number of hydrogen-bond donors (Lipinski definition) is 3. The fourth-order valence-corrected chi connectivity index (χ4v) is 4.28. The highest BCUT2D eigenvalue weighted by Crippen LogP contribution is 2.54. The molecule has 0 amide bonds. The molecule has 3 N–H and O–H groups in total. The normalized spacial score (nSPS) is 23.3. The summed E-state index contributed by atoms with van der Waals surface area (Å²) in [6, 6.07) is 0.438. The summed E-state index contributed by atoms with van der Waals surface area (Å²) in [5.41, 5.74) is -4.48. The van der Waals surface area contributed by atoms with Crippen LogP contribution in [-0.4, -0.2) is 32.0 Å². The van der Waals surface area contributed by atoms with Crippen LogP contribution in [0.2, 0.25) is 0 Å². The van der Waals surface area contributed by atoms with Crippen LogP contribution in [-0.2, 0) is 0 Å². The number of nitrogens with one attached hydrogen (secondary N) is 1. The lowest BCUT2D eigenvalue weighted by atomic mass is 9.70. The van der Waals surface area contributed by atoms with E-state index >= 15 is 0 Å². The highest BCUT2D eigenvalue weighted by molar-refractivity contribution is 5.91. The summed E-state index contributed by atoms with van der Waals surface area (Å²) in [4.78, 5) is 7.70. The van der Waals surface area contributed by atoms with E-state index in [2.05, 4.69) is 15.3 Å². The van der Waals surface area contributed by atoms with E-state index in [4.69, 9.17) is 0 Å². The molecule has 3 aromatic rings. The van der Waals surface area contributed by atoms with Gasteiger partial charge >= 0.3 is 6.18 Å². The molecule has 0 unspecified atom stereocenters. The molecule has 0 spiro atoms. The van der Waals surface area contributed by atoms with E-state index in [0.717, 1.165) is 18.3 Å². The highest BCUT2D eigenvalue weighted by Gasteiger charge is 2.62. The van der Waals surface area contributed by atoms with Crippen LogP contribution in [0.25, 0.3) is 10.9 Å². The van der Waals surface area contributed by atoms with Crippen molar-refractivity contribution in [2.75, 3.05) is 5.32 Å². The van der Waals surface area contributed by atoms with Gasteiger partial charge in [-0.2, -0.15) is 13.2 Å². The van der Waals surface area contributed by atoms with Crippen molar-refractivity contribution >= 4 is 16.6 Å². The Morgan fingerprint density at radius 2 is 1.84 bits per heavy atom. The van der Waals surface area contributed by atoms with Crippen LogP contribution in [0.4, 0.5) is 32.0 Å². The number of phenolic OH excluding ortho intramolecular Hbond substituents is 1. The molecule has 0 fully saturated rings. The summed E-state index contributed by atoms with van der Waals surface area (Å²) in [7, 11) is 0. The van der Waals surface area contributed by atoms with Gasteiger partial charge in [-0.3, -0.25) is 0 Å². The Labute approximate surface area is 177 Å². The minimum Gasteiger partial charge on any atom is -0.505 e. The number of fused-ring (bicyclic) bond motifs is 2. The number of hydrogen-bond acceptors (Lipinski definition) is 5. The van der Waals surface area contributed by atoms with Crippen molar-refractivity contribution in [2.24, 2.45) is 0 Å². The lowest BCUT2D eigenvalue weighted by Crippen LogP contribution is -2.55. The van der Waals surface area contributed by atoms with Crippen LogP contribution in [0.15, 0.2) is 24.4 Å². The molecule has 32 heavy (non-hydrogen) atoms. The quantitative estimate of drug-likeness (QED) is 0.472. The molecule has 5 nitrogen and oxygen atoms in total. The summed E-state index contributed by atoms with van der Waals surface area (Å²) < 4.78 is 84.6. The molecule has 1 aliphatic rings. The molecule has 2 aromatic carbocycles. The van der Waals surface area contributed by atoms with E-state index in [1.165, 1.54) is 13.8 Å². The molecule has 0 bridgehead atoms. The van der Waals surface area contributed by atoms with Gasteiger partial charge in [0, 0.05) is 28.9 Å². The van der Waals surface area contributed by atoms with Gasteiger partial charge in [0.15, 0.2) is 28.8 Å². The Morgan fingerprint density at radius 3 is 2.50 bits per heavy atom. The van der Waals surface area contributed by atoms with Crippen molar-refractivity contribution in [2.45, 2.75) is 44.0 Å². The van der Waals surface area contributed by atoms with Gasteiger partial charge in [-0.1, -0.05) is 13.0 Å². The van der Waals surface area contributed by atoms with Gasteiger partial charge in [-0.05, 0) is 30.9 Å². The standard InChI is InChI=1S/C21H17F6N3O2/c1-8-6-20(32,21(25,26)27)19(10-3-4-12(22)18(31)15(8)10)30-14-5-13(23)16(24)17-11(14)7-28-9(2)29-17/h3-5,7-8,19,30-32H,6H2,1-2H3/t8-,19-,20+/m0/s1. The molecule has 170 valence electrons. The lowest BCUT2D eigenvalue weighted by Gasteiger charge is -2.45. The van der Waals surface area contributed by atoms with Crippen LogP contribution in [0.1, 0.15) is 42.3 Å². The van der Waals surface area contributed by atoms with Gasteiger partial charge in [0.25, 0.3) is 0 Å². The third-order valence-electron chi connectivity index (χ3n) is 5.78. The molecule has 11 heteroatoms. The number of alkyl halides is 3. The molecular formula is C21H17F6N3O2. The zero-order valence-electron chi connectivity index (χ0n) is 16.7. The second-order valence-electron chi connectivity index (χ2n) is 7.90. The van der Waals surface area contributed by atoms with Crippen LogP contribution in [0.3, 0.4) is 0 Å². The summed E-state index contributed by atoms with van der Waals surface area (Å²) in [5.74, 6) is -5.50. The van der Waals surface area contributed by atoms with E-state index in [0.29, 0.717) is 6.07 Å². The molecule has 4 rings (SSSR count). The topological polar surface area (TPSA) is 78.3 Å². The first kappa shape index (κ1) is 22.1. The van der Waals surface area contributed by atoms with E-state index in [9.17, 15) is 36.6 Å². The number of rotatable bonds is 2. The van der Waals surface area contributed by atoms with Crippen molar-refractivity contribution in [1.82, 2.24) is 9.97 Å². The minimum atomic E-state index is -5.15. The summed E-state index contributed by atoms with van der Waals surface area (Å²) in [6.45, 7) is 2.74. The molecule has 0 saturated heterocycles. The number of anilines is 1. The maximum atomic E-state index is 14.3. The second kappa shape index (κ2) is 7.22. The summed E-state index contributed by atoms with van der Waals surface area (Å²) in [5, 5.41) is 23.3. The predicted octanol–water partition coefficient (Wildman–Crippen LogP) is 5.01. The van der Waals surface area contributed by atoms with Gasteiger partial charge in [0.2, 0.25) is 0 Å². The molecule has 3 atom stereocenters. The maximum absolute atomic E-state index is 14.3. The molecule has 0 aliphatic heterocycles. The molecule has 1 aliphatic carbocycles. The minimum absolute atomic E-state index is 0.108. The van der Waals surface area contributed by atoms with Crippen LogP contribution >= 0.6 is 0 Å². The highest BCUT2D eigenvalue weighted by atomic mass is 19.4. The van der Waals surface area contributed by atoms with E-state index in [1.807, 2.05) is 0 Å². The number of nitrogens with zero attached hydrogens (tertiary/aromatic N) is 2. The molecule has 1 aromatic heterocycles. The number of phenols is 1. The second-order valence-corrected chi connectivity index (χ2v) is 7.90. The fraction of sp³-hybridized carbons (Fsp3) is 0.333. The van der Waals surface area contributed by atoms with Crippen LogP contribution in [0.5, 0.6) is 5.75 Å².